The molecule has 0 heterocycles. The highest BCUT2D eigenvalue weighted by atomic mass is 16.5. The maximum atomic E-state index is 12.0. The lowest BCUT2D eigenvalue weighted by molar-refractivity contribution is -0.150. The van der Waals surface area contributed by atoms with Gasteiger partial charge < -0.3 is 4.74 Å². The Bertz CT molecular complexity index is 754. The first kappa shape index (κ1) is 14.8. The van der Waals surface area contributed by atoms with Gasteiger partial charge in [-0.25, -0.2) is 0 Å². The normalized spacial score (nSPS) is 16.5. The quantitative estimate of drug-likeness (QED) is 0.724. The number of carbonyl (C=O) groups is 1. The number of hydrogen-bond acceptors (Lipinski definition) is 2. The van der Waals surface area contributed by atoms with Gasteiger partial charge >= 0.3 is 5.97 Å². The molecule has 0 aromatic heterocycles. The molecule has 0 saturated carbocycles. The molecule has 3 rings (SSSR count). The van der Waals surface area contributed by atoms with Gasteiger partial charge in [-0.15, -0.1) is 0 Å². The number of benzene rings is 2. The maximum Gasteiger partial charge on any atom is 0.309 e. The molecular formula is C20H22O2. The Morgan fingerprint density at radius 3 is 2.55 bits per heavy atom. The second kappa shape index (κ2) is 5.60. The molecule has 0 amide bonds. The van der Waals surface area contributed by atoms with Crippen LogP contribution in [0.1, 0.15) is 56.4 Å². The van der Waals surface area contributed by atoms with Gasteiger partial charge in [-0.1, -0.05) is 64.1 Å². The molecule has 0 N–H and O–H groups in total. The highest BCUT2D eigenvalue weighted by Crippen LogP contribution is 2.39. The summed E-state index contributed by atoms with van der Waals surface area (Å²) >= 11 is 0. The van der Waals surface area contributed by atoms with Crippen LogP contribution in [0.4, 0.5) is 0 Å². The zero-order chi connectivity index (χ0) is 15.9. The van der Waals surface area contributed by atoms with Gasteiger partial charge in [0.1, 0.15) is 6.10 Å². The van der Waals surface area contributed by atoms with Gasteiger partial charge in [0.15, 0.2) is 0 Å². The van der Waals surface area contributed by atoms with Crippen molar-refractivity contribution in [3.05, 3.63) is 53.1 Å². The molecule has 2 nitrogen and oxygen atoms in total. The second-order valence-electron chi connectivity index (χ2n) is 6.54. The molecule has 0 saturated heterocycles. The van der Waals surface area contributed by atoms with E-state index in [4.69, 9.17) is 4.74 Å². The third-order valence-electron chi connectivity index (χ3n) is 4.23. The van der Waals surface area contributed by atoms with E-state index in [0.717, 1.165) is 5.56 Å². The average Bonchev–Trinajstić information content (AvgIpc) is 2.49. The van der Waals surface area contributed by atoms with Gasteiger partial charge in [-0.05, 0) is 33.9 Å². The topological polar surface area (TPSA) is 26.3 Å². The van der Waals surface area contributed by atoms with Gasteiger partial charge in [-0.2, -0.15) is 0 Å². The molecule has 114 valence electrons. The summed E-state index contributed by atoms with van der Waals surface area (Å²) in [6.07, 6.45) is 3.83. The molecule has 2 aromatic carbocycles. The molecule has 1 aliphatic rings. The Kier molecular flexibility index (Phi) is 3.78. The summed E-state index contributed by atoms with van der Waals surface area (Å²) < 4.78 is 5.67. The maximum absolute atomic E-state index is 12.0. The van der Waals surface area contributed by atoms with Crippen LogP contribution in [0.5, 0.6) is 0 Å². The average molecular weight is 294 g/mol. The molecule has 0 radical (unpaired) electrons. The van der Waals surface area contributed by atoms with Gasteiger partial charge in [0.2, 0.25) is 0 Å². The number of carbonyl (C=O) groups excluding carboxylic acids is 1. The summed E-state index contributed by atoms with van der Waals surface area (Å²) in [6, 6.07) is 10.6. The summed E-state index contributed by atoms with van der Waals surface area (Å²) in [5.74, 6) is 0.193. The molecule has 0 fully saturated rings. The molecule has 0 spiro atoms. The van der Waals surface area contributed by atoms with Crippen molar-refractivity contribution in [1.29, 1.82) is 0 Å². The fourth-order valence-corrected chi connectivity index (χ4v) is 3.02. The molecule has 0 aliphatic heterocycles. The number of hydrogen-bond donors (Lipinski definition) is 0. The van der Waals surface area contributed by atoms with Crippen molar-refractivity contribution in [3.8, 4) is 0 Å². The van der Waals surface area contributed by atoms with Crippen LogP contribution >= 0.6 is 0 Å². The first-order chi connectivity index (χ1) is 10.5. The zero-order valence-electron chi connectivity index (χ0n) is 13.6. The van der Waals surface area contributed by atoms with Crippen LogP contribution in [0.15, 0.2) is 36.4 Å². The van der Waals surface area contributed by atoms with Crippen molar-refractivity contribution < 1.29 is 9.53 Å². The summed E-state index contributed by atoms with van der Waals surface area (Å²) in [4.78, 5) is 12.0. The molecule has 1 unspecified atom stereocenters. The van der Waals surface area contributed by atoms with E-state index in [2.05, 4.69) is 44.2 Å². The summed E-state index contributed by atoms with van der Waals surface area (Å²) in [6.45, 7) is 8.14. The lowest BCUT2D eigenvalue weighted by Gasteiger charge is -2.24. The highest BCUT2D eigenvalue weighted by molar-refractivity contribution is 5.97. The zero-order valence-corrected chi connectivity index (χ0v) is 13.6. The van der Waals surface area contributed by atoms with Crippen LogP contribution in [0, 0.1) is 5.92 Å². The first-order valence-electron chi connectivity index (χ1n) is 7.93. The third-order valence-corrected chi connectivity index (χ3v) is 4.23. The fraction of sp³-hybridized carbons (Fsp3) is 0.350. The third kappa shape index (κ3) is 2.43. The molecule has 2 aromatic rings. The van der Waals surface area contributed by atoms with E-state index in [-0.39, 0.29) is 18.0 Å². The smallest absolute Gasteiger partial charge is 0.309 e. The Balaban J connectivity index is 2.14. The van der Waals surface area contributed by atoms with Crippen LogP contribution in [0.25, 0.3) is 16.8 Å². The predicted molar refractivity (Wildman–Crippen MR) is 90.7 cm³/mol. The number of ether oxygens (including phenoxy) is 1. The van der Waals surface area contributed by atoms with Crippen LogP contribution in [-0.2, 0) is 9.53 Å². The molecule has 0 bridgehead atoms. The van der Waals surface area contributed by atoms with Crippen molar-refractivity contribution in [2.75, 3.05) is 0 Å². The molecule has 22 heavy (non-hydrogen) atoms. The Labute approximate surface area is 131 Å². The number of esters is 1. The Hall–Kier alpha value is -2.09. The standard InChI is InChI=1S/C20H22O2/c1-12(2)15-9-8-14-6-5-7-17-18(22-20(21)13(3)4)11-10-16(15)19(14)17/h5-13,18H,1-4H3. The molecule has 1 aliphatic carbocycles. The molecule has 1 atom stereocenters. The predicted octanol–water partition coefficient (Wildman–Crippen LogP) is 5.23. The highest BCUT2D eigenvalue weighted by Gasteiger charge is 2.23. The van der Waals surface area contributed by atoms with E-state index in [0.29, 0.717) is 5.92 Å². The summed E-state index contributed by atoms with van der Waals surface area (Å²) in [5.41, 5.74) is 3.69. The van der Waals surface area contributed by atoms with Crippen LogP contribution in [0.2, 0.25) is 0 Å². The van der Waals surface area contributed by atoms with Crippen LogP contribution < -0.4 is 0 Å². The van der Waals surface area contributed by atoms with E-state index in [1.807, 2.05) is 26.0 Å². The first-order valence-corrected chi connectivity index (χ1v) is 7.93. The van der Waals surface area contributed by atoms with E-state index >= 15 is 0 Å². The minimum Gasteiger partial charge on any atom is -0.453 e. The second-order valence-corrected chi connectivity index (χ2v) is 6.54. The van der Waals surface area contributed by atoms with E-state index in [1.54, 1.807) is 0 Å². The lowest BCUT2D eigenvalue weighted by Crippen LogP contribution is -2.16. The van der Waals surface area contributed by atoms with Crippen molar-refractivity contribution in [2.45, 2.75) is 39.7 Å². The molecule has 2 heteroatoms. The van der Waals surface area contributed by atoms with Crippen LogP contribution in [0.3, 0.4) is 0 Å². The minimum absolute atomic E-state index is 0.115. The lowest BCUT2D eigenvalue weighted by atomic mass is 9.85. The van der Waals surface area contributed by atoms with Gasteiger partial charge in [-0.3, -0.25) is 4.79 Å². The molecular weight excluding hydrogens is 272 g/mol. The van der Waals surface area contributed by atoms with Crippen LogP contribution in [-0.4, -0.2) is 5.97 Å². The van der Waals surface area contributed by atoms with E-state index in [1.165, 1.54) is 21.9 Å². The van der Waals surface area contributed by atoms with Gasteiger partial charge in [0.25, 0.3) is 0 Å². The Morgan fingerprint density at radius 2 is 1.86 bits per heavy atom. The summed E-state index contributed by atoms with van der Waals surface area (Å²) in [5, 5.41) is 2.42. The number of rotatable bonds is 3. The van der Waals surface area contributed by atoms with Gasteiger partial charge in [0, 0.05) is 5.56 Å². The SMILES string of the molecule is CC(C)C(=O)OC1C=Cc2c(C(C)C)ccc3cccc1c23. The van der Waals surface area contributed by atoms with Crippen molar-refractivity contribution in [1.82, 2.24) is 0 Å². The van der Waals surface area contributed by atoms with Crippen molar-refractivity contribution in [2.24, 2.45) is 5.92 Å². The summed E-state index contributed by atoms with van der Waals surface area (Å²) in [7, 11) is 0. The Morgan fingerprint density at radius 1 is 1.09 bits per heavy atom. The fourth-order valence-electron chi connectivity index (χ4n) is 3.02. The monoisotopic (exact) mass is 294 g/mol. The minimum atomic E-state index is -0.284. The van der Waals surface area contributed by atoms with Crippen molar-refractivity contribution in [3.63, 3.8) is 0 Å². The largest absolute Gasteiger partial charge is 0.453 e. The van der Waals surface area contributed by atoms with Crippen molar-refractivity contribution >= 4 is 22.8 Å². The van der Waals surface area contributed by atoms with E-state index < -0.39 is 0 Å². The van der Waals surface area contributed by atoms with Gasteiger partial charge in [0.05, 0.1) is 5.92 Å². The van der Waals surface area contributed by atoms with E-state index in [9.17, 15) is 4.79 Å².